The molecule has 126 valence electrons. The number of carbonyl (C=O) groups is 2. The monoisotopic (exact) mass is 333 g/mol. The van der Waals surface area contributed by atoms with Crippen LogP contribution >= 0.6 is 0 Å². The lowest BCUT2D eigenvalue weighted by Crippen LogP contribution is -2.31. The van der Waals surface area contributed by atoms with E-state index in [1.54, 1.807) is 0 Å². The summed E-state index contributed by atoms with van der Waals surface area (Å²) in [6.07, 6.45) is 2.22. The number of carboxylic acids is 2. The third kappa shape index (κ3) is 5.93. The van der Waals surface area contributed by atoms with Crippen LogP contribution in [0.2, 0.25) is 0 Å². The van der Waals surface area contributed by atoms with E-state index in [1.165, 1.54) is 12.4 Å². The third-order valence-electron chi connectivity index (χ3n) is 2.86. The molecule has 2 rings (SSSR count). The molecule has 1 heterocycles. The van der Waals surface area contributed by atoms with E-state index in [2.05, 4.69) is 34.4 Å². The molecular weight excluding hydrogens is 319 g/mol. The Hall–Kier alpha value is -2.65. The highest BCUT2D eigenvalue weighted by Crippen LogP contribution is 2.26. The molecule has 0 saturated heterocycles. The van der Waals surface area contributed by atoms with Gasteiger partial charge in [0, 0.05) is 11.6 Å². The topological polar surface area (TPSA) is 112 Å². The van der Waals surface area contributed by atoms with Gasteiger partial charge in [-0.3, -0.25) is 0 Å². The molecule has 1 aromatic rings. The van der Waals surface area contributed by atoms with Crippen LogP contribution < -0.4 is 5.32 Å². The Kier molecular flexibility index (Phi) is 5.66. The molecule has 1 aliphatic rings. The number of nitrogens with one attached hydrogen (secondary N) is 1. The molecule has 0 unspecified atom stereocenters. The number of aromatic carboxylic acids is 1. The molecule has 0 radical (unpaired) electrons. The summed E-state index contributed by atoms with van der Waals surface area (Å²) in [7, 11) is 0. The van der Waals surface area contributed by atoms with Crippen LogP contribution in [-0.2, 0) is 4.79 Å². The molecule has 0 atom stereocenters. The second-order valence-electron chi connectivity index (χ2n) is 4.96. The highest BCUT2D eigenvalue weighted by Gasteiger charge is 2.38. The lowest BCUT2D eigenvalue weighted by molar-refractivity contribution is -0.192. The van der Waals surface area contributed by atoms with E-state index < -0.39 is 18.1 Å². The molecule has 3 N–H and O–H groups in total. The first kappa shape index (κ1) is 18.4. The number of aromatic nitrogens is 2. The molecule has 10 heteroatoms. The van der Waals surface area contributed by atoms with Gasteiger partial charge in [-0.15, -0.1) is 0 Å². The number of alkyl halides is 3. The summed E-state index contributed by atoms with van der Waals surface area (Å²) in [5, 5.41) is 19.2. The maximum Gasteiger partial charge on any atom is 0.490 e. The minimum atomic E-state index is -5.08. The summed E-state index contributed by atoms with van der Waals surface area (Å²) in [4.78, 5) is 27.3. The molecule has 0 saturated carbocycles. The number of halogens is 3. The van der Waals surface area contributed by atoms with Gasteiger partial charge in [-0.2, -0.15) is 13.2 Å². The van der Waals surface area contributed by atoms with E-state index in [0.29, 0.717) is 5.82 Å². The van der Waals surface area contributed by atoms with Crippen molar-refractivity contribution in [2.24, 2.45) is 0 Å². The number of aliphatic carboxylic acids is 1. The van der Waals surface area contributed by atoms with Crippen LogP contribution in [0.5, 0.6) is 0 Å². The smallest absolute Gasteiger partial charge is 0.477 e. The second kappa shape index (κ2) is 7.07. The second-order valence-corrected chi connectivity index (χ2v) is 4.96. The summed E-state index contributed by atoms with van der Waals surface area (Å²) in [5.41, 5.74) is -0.0588. The summed E-state index contributed by atoms with van der Waals surface area (Å²) in [6.45, 7) is 2.08. The van der Waals surface area contributed by atoms with E-state index >= 15 is 0 Å². The number of hydrogen-bond acceptors (Lipinski definition) is 5. The Morgan fingerprint density at radius 2 is 1.74 bits per heavy atom. The maximum absolute atomic E-state index is 10.7. The van der Waals surface area contributed by atoms with Crippen molar-refractivity contribution in [1.29, 1.82) is 0 Å². The lowest BCUT2D eigenvalue weighted by atomic mass is 10.00. The number of rotatable bonds is 3. The molecule has 0 amide bonds. The van der Waals surface area contributed by atoms with E-state index in [1.807, 2.05) is 0 Å². The molecule has 0 spiro atoms. The molecule has 1 aliphatic carbocycles. The predicted octanol–water partition coefficient (Wildman–Crippen LogP) is 2.33. The van der Waals surface area contributed by atoms with Gasteiger partial charge in [-0.25, -0.2) is 19.6 Å². The fourth-order valence-corrected chi connectivity index (χ4v) is 1.72. The maximum atomic E-state index is 10.7. The van der Waals surface area contributed by atoms with Gasteiger partial charge in [0.1, 0.15) is 12.1 Å². The average molecular weight is 333 g/mol. The van der Waals surface area contributed by atoms with Crippen molar-refractivity contribution in [3.05, 3.63) is 30.2 Å². The van der Waals surface area contributed by atoms with Gasteiger partial charge in [0.2, 0.25) is 0 Å². The zero-order valence-corrected chi connectivity index (χ0v) is 12.0. The largest absolute Gasteiger partial charge is 0.490 e. The third-order valence-corrected chi connectivity index (χ3v) is 2.86. The van der Waals surface area contributed by atoms with E-state index in [-0.39, 0.29) is 11.2 Å². The number of hydrogen-bond donors (Lipinski definition) is 3. The van der Waals surface area contributed by atoms with Gasteiger partial charge in [-0.1, -0.05) is 12.2 Å². The fourth-order valence-electron chi connectivity index (χ4n) is 1.72. The summed E-state index contributed by atoms with van der Waals surface area (Å²) in [6, 6.07) is 1.45. The molecule has 7 nitrogen and oxygen atoms in total. The van der Waals surface area contributed by atoms with Crippen LogP contribution in [0.1, 0.15) is 30.3 Å². The van der Waals surface area contributed by atoms with Gasteiger partial charge in [0.15, 0.2) is 5.69 Å². The number of nitrogens with zero attached hydrogens (tertiary/aromatic N) is 2. The van der Waals surface area contributed by atoms with Crippen molar-refractivity contribution in [3.63, 3.8) is 0 Å². The van der Waals surface area contributed by atoms with Crippen LogP contribution in [0.15, 0.2) is 24.5 Å². The van der Waals surface area contributed by atoms with E-state index in [9.17, 15) is 18.0 Å². The van der Waals surface area contributed by atoms with Crippen molar-refractivity contribution in [2.45, 2.75) is 31.5 Å². The quantitative estimate of drug-likeness (QED) is 0.728. The number of anilines is 1. The molecule has 0 aromatic carbocycles. The van der Waals surface area contributed by atoms with Crippen molar-refractivity contribution >= 4 is 17.8 Å². The minimum Gasteiger partial charge on any atom is -0.477 e. The first-order chi connectivity index (χ1) is 10.5. The molecule has 23 heavy (non-hydrogen) atoms. The van der Waals surface area contributed by atoms with Crippen molar-refractivity contribution < 1.29 is 33.0 Å². The van der Waals surface area contributed by atoms with E-state index in [0.717, 1.165) is 12.8 Å². The molecule has 0 fully saturated rings. The Labute approximate surface area is 128 Å². The average Bonchev–Trinajstić information content (AvgIpc) is 2.85. The SMILES string of the molecule is CC1(Nc2cc(C(=O)O)ncn2)CC=CC1.O=C(O)C(F)(F)F. The van der Waals surface area contributed by atoms with Crippen LogP contribution in [0.4, 0.5) is 19.0 Å². The summed E-state index contributed by atoms with van der Waals surface area (Å²) < 4.78 is 31.7. The van der Waals surface area contributed by atoms with Crippen molar-refractivity contribution in [3.8, 4) is 0 Å². The molecule has 0 bridgehead atoms. The summed E-state index contributed by atoms with van der Waals surface area (Å²) >= 11 is 0. The minimum absolute atomic E-state index is 0.00653. The van der Waals surface area contributed by atoms with Gasteiger partial charge >= 0.3 is 18.1 Å². The van der Waals surface area contributed by atoms with Crippen LogP contribution in [0.3, 0.4) is 0 Å². The fraction of sp³-hybridized carbons (Fsp3) is 0.385. The molecule has 0 aliphatic heterocycles. The zero-order chi connectivity index (χ0) is 17.7. The van der Waals surface area contributed by atoms with Crippen LogP contribution in [-0.4, -0.2) is 43.8 Å². The first-order valence-electron chi connectivity index (χ1n) is 6.32. The standard InChI is InChI=1S/C11H13N3O2.C2HF3O2/c1-11(4-2-3-5-11)14-9-6-8(10(15)16)12-7-13-9;3-2(4,5)1(6)7/h2-3,6-7H,4-5H2,1H3,(H,15,16)(H,12,13,14);(H,6,7). The van der Waals surface area contributed by atoms with Gasteiger partial charge in [-0.05, 0) is 19.8 Å². The highest BCUT2D eigenvalue weighted by molar-refractivity contribution is 5.86. The zero-order valence-electron chi connectivity index (χ0n) is 12.0. The normalized spacial score (nSPS) is 15.5. The first-order valence-corrected chi connectivity index (χ1v) is 6.32. The predicted molar refractivity (Wildman–Crippen MR) is 73.1 cm³/mol. The van der Waals surface area contributed by atoms with Gasteiger partial charge in [0.25, 0.3) is 0 Å². The lowest BCUT2D eigenvalue weighted by Gasteiger charge is -2.25. The van der Waals surface area contributed by atoms with Crippen molar-refractivity contribution in [1.82, 2.24) is 9.97 Å². The highest BCUT2D eigenvalue weighted by atomic mass is 19.4. The Morgan fingerprint density at radius 3 is 2.17 bits per heavy atom. The van der Waals surface area contributed by atoms with Crippen molar-refractivity contribution in [2.75, 3.05) is 5.32 Å². The van der Waals surface area contributed by atoms with Crippen LogP contribution in [0.25, 0.3) is 0 Å². The Balaban J connectivity index is 0.000000322. The van der Waals surface area contributed by atoms with Gasteiger partial charge < -0.3 is 15.5 Å². The Morgan fingerprint density at radius 1 is 1.22 bits per heavy atom. The van der Waals surface area contributed by atoms with Crippen LogP contribution in [0, 0.1) is 0 Å². The van der Waals surface area contributed by atoms with E-state index in [4.69, 9.17) is 15.0 Å². The summed E-state index contributed by atoms with van der Waals surface area (Å²) in [5.74, 6) is -3.24. The molecule has 1 aromatic heterocycles. The molecular formula is C13H14F3N3O4. The van der Waals surface area contributed by atoms with Gasteiger partial charge in [0.05, 0.1) is 0 Å². The number of carboxylic acid groups (broad SMARTS) is 2. The Bertz CT molecular complexity index is 609.